The standard InChI is InChI=1S/C21H19FN2O4/c1-14(28-19-10-9-15-5-2-3-6-16(15)11-19)21(26)24-23-20(25)13-27-18-8-4-7-17(22)12-18/h2-12,14H,13H2,1H3,(H,23,25)(H,24,26)/t14-/m0/s1. The lowest BCUT2D eigenvalue weighted by atomic mass is 10.1. The monoisotopic (exact) mass is 382 g/mol. The van der Waals surface area contributed by atoms with Crippen LogP contribution in [0.5, 0.6) is 11.5 Å². The van der Waals surface area contributed by atoms with E-state index in [4.69, 9.17) is 9.47 Å². The Balaban J connectivity index is 1.46. The van der Waals surface area contributed by atoms with Crippen molar-refractivity contribution in [3.8, 4) is 11.5 Å². The van der Waals surface area contributed by atoms with Crippen molar-refractivity contribution in [2.75, 3.05) is 6.61 Å². The molecule has 7 heteroatoms. The number of hydrogen-bond acceptors (Lipinski definition) is 4. The molecule has 2 amide bonds. The van der Waals surface area contributed by atoms with Crippen LogP contribution in [0.25, 0.3) is 10.8 Å². The first-order valence-corrected chi connectivity index (χ1v) is 8.64. The van der Waals surface area contributed by atoms with Crippen molar-refractivity contribution in [3.05, 3.63) is 72.5 Å². The SMILES string of the molecule is C[C@H](Oc1ccc2ccccc2c1)C(=O)NNC(=O)COc1cccc(F)c1. The Labute approximate surface area is 161 Å². The molecular formula is C21H19FN2O4. The van der Waals surface area contributed by atoms with Crippen molar-refractivity contribution in [1.82, 2.24) is 10.9 Å². The second-order valence-corrected chi connectivity index (χ2v) is 6.05. The van der Waals surface area contributed by atoms with Gasteiger partial charge < -0.3 is 9.47 Å². The molecule has 28 heavy (non-hydrogen) atoms. The van der Waals surface area contributed by atoms with Crippen LogP contribution in [0.4, 0.5) is 4.39 Å². The number of hydrogen-bond donors (Lipinski definition) is 2. The average molecular weight is 382 g/mol. The number of halogens is 1. The van der Waals surface area contributed by atoms with E-state index in [2.05, 4.69) is 10.9 Å². The fourth-order valence-corrected chi connectivity index (χ4v) is 2.47. The van der Waals surface area contributed by atoms with Gasteiger partial charge in [-0.3, -0.25) is 20.4 Å². The van der Waals surface area contributed by atoms with E-state index in [0.717, 1.165) is 16.8 Å². The molecular weight excluding hydrogens is 363 g/mol. The molecule has 2 N–H and O–H groups in total. The number of benzene rings is 3. The number of amides is 2. The van der Waals surface area contributed by atoms with Gasteiger partial charge in [-0.05, 0) is 42.0 Å². The Morgan fingerprint density at radius 1 is 0.929 bits per heavy atom. The molecule has 0 spiro atoms. The zero-order valence-corrected chi connectivity index (χ0v) is 15.1. The lowest BCUT2D eigenvalue weighted by Gasteiger charge is -2.15. The van der Waals surface area contributed by atoms with Crippen molar-refractivity contribution in [2.24, 2.45) is 0 Å². The highest BCUT2D eigenvalue weighted by atomic mass is 19.1. The lowest BCUT2D eigenvalue weighted by Crippen LogP contribution is -2.48. The predicted octanol–water partition coefficient (Wildman–Crippen LogP) is 2.97. The van der Waals surface area contributed by atoms with E-state index in [0.29, 0.717) is 5.75 Å². The molecule has 3 aromatic rings. The van der Waals surface area contributed by atoms with Gasteiger partial charge in [-0.1, -0.05) is 36.4 Å². The number of hydrazine groups is 1. The molecule has 0 aliphatic heterocycles. The van der Waals surface area contributed by atoms with E-state index in [1.54, 1.807) is 13.0 Å². The van der Waals surface area contributed by atoms with Crippen LogP contribution in [-0.4, -0.2) is 24.5 Å². The summed E-state index contributed by atoms with van der Waals surface area (Å²) in [4.78, 5) is 23.8. The Hall–Kier alpha value is -3.61. The number of carbonyl (C=O) groups excluding carboxylic acids is 2. The normalized spacial score (nSPS) is 11.5. The molecule has 0 radical (unpaired) electrons. The van der Waals surface area contributed by atoms with Crippen LogP contribution in [0, 0.1) is 5.82 Å². The van der Waals surface area contributed by atoms with Gasteiger partial charge in [0.05, 0.1) is 0 Å². The molecule has 0 heterocycles. The summed E-state index contributed by atoms with van der Waals surface area (Å²) in [7, 11) is 0. The number of fused-ring (bicyclic) bond motifs is 1. The second-order valence-electron chi connectivity index (χ2n) is 6.05. The summed E-state index contributed by atoms with van der Waals surface area (Å²) in [6, 6.07) is 18.7. The van der Waals surface area contributed by atoms with Crippen molar-refractivity contribution < 1.29 is 23.5 Å². The number of rotatable bonds is 6. The molecule has 144 valence electrons. The summed E-state index contributed by atoms with van der Waals surface area (Å²) in [5.41, 5.74) is 4.50. The molecule has 0 saturated carbocycles. The molecule has 0 aliphatic carbocycles. The maximum Gasteiger partial charge on any atom is 0.279 e. The van der Waals surface area contributed by atoms with Crippen LogP contribution in [0.15, 0.2) is 66.7 Å². The van der Waals surface area contributed by atoms with Crippen LogP contribution in [0.2, 0.25) is 0 Å². The summed E-state index contributed by atoms with van der Waals surface area (Å²) in [5, 5.41) is 2.06. The van der Waals surface area contributed by atoms with Gasteiger partial charge in [-0.25, -0.2) is 4.39 Å². The van der Waals surface area contributed by atoms with Crippen LogP contribution in [0.3, 0.4) is 0 Å². The summed E-state index contributed by atoms with van der Waals surface area (Å²) < 4.78 is 23.8. The Bertz CT molecular complexity index is 993. The molecule has 6 nitrogen and oxygen atoms in total. The van der Waals surface area contributed by atoms with Crippen molar-refractivity contribution in [1.29, 1.82) is 0 Å². The van der Waals surface area contributed by atoms with Gasteiger partial charge in [0.25, 0.3) is 11.8 Å². The first-order valence-electron chi connectivity index (χ1n) is 8.64. The first-order chi connectivity index (χ1) is 13.5. The van der Waals surface area contributed by atoms with Crippen LogP contribution >= 0.6 is 0 Å². The smallest absolute Gasteiger partial charge is 0.279 e. The topological polar surface area (TPSA) is 76.7 Å². The summed E-state index contributed by atoms with van der Waals surface area (Å²) in [6.45, 7) is 1.20. The van der Waals surface area contributed by atoms with Crippen LogP contribution in [0.1, 0.15) is 6.92 Å². The third kappa shape index (κ3) is 5.20. The molecule has 1 atom stereocenters. The molecule has 0 bridgehead atoms. The van der Waals surface area contributed by atoms with Crippen molar-refractivity contribution in [3.63, 3.8) is 0 Å². The largest absolute Gasteiger partial charge is 0.484 e. The third-order valence-corrected chi connectivity index (χ3v) is 3.89. The van der Waals surface area contributed by atoms with Crippen LogP contribution < -0.4 is 20.3 Å². The minimum Gasteiger partial charge on any atom is -0.484 e. The zero-order valence-electron chi connectivity index (χ0n) is 15.1. The number of carbonyl (C=O) groups is 2. The van der Waals surface area contributed by atoms with Gasteiger partial charge in [0.2, 0.25) is 0 Å². The summed E-state index contributed by atoms with van der Waals surface area (Å²) >= 11 is 0. The van der Waals surface area contributed by atoms with Gasteiger partial charge >= 0.3 is 0 Å². The van der Waals surface area contributed by atoms with E-state index in [1.807, 2.05) is 36.4 Å². The maximum atomic E-state index is 13.0. The molecule has 3 aromatic carbocycles. The predicted molar refractivity (Wildman–Crippen MR) is 102 cm³/mol. The fraction of sp³-hybridized carbons (Fsp3) is 0.143. The average Bonchev–Trinajstić information content (AvgIpc) is 2.70. The van der Waals surface area contributed by atoms with E-state index in [1.165, 1.54) is 18.2 Å². The molecule has 0 unspecified atom stereocenters. The molecule has 3 rings (SSSR count). The number of ether oxygens (including phenoxy) is 2. The first kappa shape index (κ1) is 19.2. The lowest BCUT2D eigenvalue weighted by molar-refractivity contribution is -0.133. The second kappa shape index (κ2) is 8.85. The highest BCUT2D eigenvalue weighted by Crippen LogP contribution is 2.21. The Morgan fingerprint density at radius 3 is 2.50 bits per heavy atom. The van der Waals surface area contributed by atoms with E-state index < -0.39 is 23.7 Å². The molecule has 0 fully saturated rings. The van der Waals surface area contributed by atoms with Gasteiger partial charge in [0, 0.05) is 6.07 Å². The van der Waals surface area contributed by atoms with Crippen molar-refractivity contribution in [2.45, 2.75) is 13.0 Å². The Morgan fingerprint density at radius 2 is 1.71 bits per heavy atom. The third-order valence-electron chi connectivity index (χ3n) is 3.89. The summed E-state index contributed by atoms with van der Waals surface area (Å²) in [5.74, 6) is -0.815. The molecule has 0 aromatic heterocycles. The quantitative estimate of drug-likeness (QED) is 0.643. The van der Waals surface area contributed by atoms with Gasteiger partial charge in [0.15, 0.2) is 12.7 Å². The molecule has 0 saturated heterocycles. The zero-order chi connectivity index (χ0) is 19.9. The number of nitrogens with one attached hydrogen (secondary N) is 2. The maximum absolute atomic E-state index is 13.0. The fourth-order valence-electron chi connectivity index (χ4n) is 2.47. The van der Waals surface area contributed by atoms with E-state index >= 15 is 0 Å². The molecule has 0 aliphatic rings. The van der Waals surface area contributed by atoms with E-state index in [9.17, 15) is 14.0 Å². The minimum absolute atomic E-state index is 0.217. The Kier molecular flexibility index (Phi) is 6.06. The summed E-state index contributed by atoms with van der Waals surface area (Å²) in [6.07, 6.45) is -0.828. The van der Waals surface area contributed by atoms with Crippen molar-refractivity contribution >= 4 is 22.6 Å². The minimum atomic E-state index is -0.828. The van der Waals surface area contributed by atoms with Gasteiger partial charge in [-0.2, -0.15) is 0 Å². The highest BCUT2D eigenvalue weighted by molar-refractivity contribution is 5.86. The van der Waals surface area contributed by atoms with Gasteiger partial charge in [0.1, 0.15) is 17.3 Å². The van der Waals surface area contributed by atoms with E-state index in [-0.39, 0.29) is 12.4 Å². The van der Waals surface area contributed by atoms with Crippen LogP contribution in [-0.2, 0) is 9.59 Å². The van der Waals surface area contributed by atoms with Gasteiger partial charge in [-0.15, -0.1) is 0 Å². The highest BCUT2D eigenvalue weighted by Gasteiger charge is 2.16.